The summed E-state index contributed by atoms with van der Waals surface area (Å²) in [6.45, 7) is 7.19. The summed E-state index contributed by atoms with van der Waals surface area (Å²) in [6, 6.07) is 4.79. The Hall–Kier alpha value is -0.890. The Labute approximate surface area is 78.2 Å². The van der Waals surface area contributed by atoms with Gasteiger partial charge in [-0.25, -0.2) is 4.39 Å². The number of benzene rings is 1. The molecule has 0 spiro atoms. The highest BCUT2D eigenvalue weighted by Gasteiger charge is 2.12. The zero-order valence-electron chi connectivity index (χ0n) is 7.92. The van der Waals surface area contributed by atoms with E-state index < -0.39 is 6.10 Å². The van der Waals surface area contributed by atoms with Crippen molar-refractivity contribution in [1.82, 2.24) is 0 Å². The number of rotatable bonds is 2. The normalized spacial score (nSPS) is 15.5. The summed E-state index contributed by atoms with van der Waals surface area (Å²) in [6.07, 6.45) is -0.509. The molecule has 0 heterocycles. The smallest absolute Gasteiger partial charge is 0.126 e. The second kappa shape index (κ2) is 3.88. The van der Waals surface area contributed by atoms with Crippen molar-refractivity contribution in [2.75, 3.05) is 0 Å². The van der Waals surface area contributed by atoms with Crippen LogP contribution < -0.4 is 0 Å². The highest BCUT2D eigenvalue weighted by molar-refractivity contribution is 5.28. The van der Waals surface area contributed by atoms with Gasteiger partial charge in [0.2, 0.25) is 0 Å². The van der Waals surface area contributed by atoms with Crippen molar-refractivity contribution in [2.45, 2.75) is 25.9 Å². The fourth-order valence-electron chi connectivity index (χ4n) is 1.18. The molecule has 1 nitrogen and oxygen atoms in total. The molecule has 13 heavy (non-hydrogen) atoms. The lowest BCUT2D eigenvalue weighted by Gasteiger charge is -2.15. The molecule has 2 unspecified atom stereocenters. The highest BCUT2D eigenvalue weighted by Crippen LogP contribution is 2.20. The quantitative estimate of drug-likeness (QED) is 0.743. The number of aliphatic hydroxyl groups excluding tert-OH is 1. The monoisotopic (exact) mass is 181 g/mol. The first-order valence-electron chi connectivity index (χ1n) is 4.29. The molecule has 0 saturated heterocycles. The summed E-state index contributed by atoms with van der Waals surface area (Å²) in [7, 11) is 0. The molecule has 0 aromatic heterocycles. The van der Waals surface area contributed by atoms with E-state index in [1.807, 2.05) is 0 Å². The molecule has 1 aromatic rings. The Morgan fingerprint density at radius 3 is 2.54 bits per heavy atom. The van der Waals surface area contributed by atoms with Gasteiger partial charge in [0.15, 0.2) is 0 Å². The van der Waals surface area contributed by atoms with Crippen molar-refractivity contribution in [3.05, 3.63) is 42.1 Å². The minimum Gasteiger partial charge on any atom is -0.393 e. The van der Waals surface area contributed by atoms with Crippen molar-refractivity contribution in [1.29, 1.82) is 0 Å². The zero-order valence-corrected chi connectivity index (χ0v) is 7.92. The van der Waals surface area contributed by atoms with E-state index in [1.165, 1.54) is 6.07 Å². The molecular weight excluding hydrogens is 167 g/mol. The van der Waals surface area contributed by atoms with Gasteiger partial charge in [0.25, 0.3) is 0 Å². The Morgan fingerprint density at radius 1 is 1.46 bits per heavy atom. The molecule has 0 aliphatic rings. The standard InChI is InChI=1S/C11H14FO/c1-7-6-10(4-5-11(7)12)8(2)9(3)13/h4-6,8-9,13H,2H2,1,3H3. The first-order valence-corrected chi connectivity index (χ1v) is 4.29. The van der Waals surface area contributed by atoms with Gasteiger partial charge in [-0.15, -0.1) is 0 Å². The van der Waals surface area contributed by atoms with E-state index in [1.54, 1.807) is 26.0 Å². The van der Waals surface area contributed by atoms with E-state index >= 15 is 0 Å². The summed E-state index contributed by atoms with van der Waals surface area (Å²) in [5.41, 5.74) is 1.46. The van der Waals surface area contributed by atoms with Gasteiger partial charge in [0.1, 0.15) is 5.82 Å². The third kappa shape index (κ3) is 2.28. The van der Waals surface area contributed by atoms with Crippen LogP contribution in [-0.4, -0.2) is 11.2 Å². The molecule has 0 saturated carbocycles. The average Bonchev–Trinajstić information content (AvgIpc) is 2.08. The predicted molar refractivity (Wildman–Crippen MR) is 50.9 cm³/mol. The van der Waals surface area contributed by atoms with Crippen molar-refractivity contribution < 1.29 is 9.50 Å². The van der Waals surface area contributed by atoms with E-state index in [2.05, 4.69) is 6.92 Å². The molecular formula is C11H14FO. The number of hydrogen-bond acceptors (Lipinski definition) is 1. The van der Waals surface area contributed by atoms with Gasteiger partial charge in [0, 0.05) is 5.92 Å². The first kappa shape index (κ1) is 10.2. The fourth-order valence-corrected chi connectivity index (χ4v) is 1.18. The maximum Gasteiger partial charge on any atom is 0.126 e. The average molecular weight is 181 g/mol. The van der Waals surface area contributed by atoms with Crippen LogP contribution in [0.3, 0.4) is 0 Å². The summed E-state index contributed by atoms with van der Waals surface area (Å²) in [5.74, 6) is -0.416. The lowest BCUT2D eigenvalue weighted by Crippen LogP contribution is -2.11. The lowest BCUT2D eigenvalue weighted by molar-refractivity contribution is 0.178. The van der Waals surface area contributed by atoms with E-state index in [0.717, 1.165) is 5.56 Å². The SMILES string of the molecule is [CH2]C(c1ccc(F)c(C)c1)C(C)O. The highest BCUT2D eigenvalue weighted by atomic mass is 19.1. The minimum absolute atomic E-state index is 0.195. The third-order valence-electron chi connectivity index (χ3n) is 2.19. The largest absolute Gasteiger partial charge is 0.393 e. The lowest BCUT2D eigenvalue weighted by atomic mass is 9.95. The van der Waals surface area contributed by atoms with Crippen molar-refractivity contribution in [3.8, 4) is 0 Å². The van der Waals surface area contributed by atoms with Crippen molar-refractivity contribution in [3.63, 3.8) is 0 Å². The number of aryl methyl sites for hydroxylation is 1. The third-order valence-corrected chi connectivity index (χ3v) is 2.19. The molecule has 71 valence electrons. The topological polar surface area (TPSA) is 20.2 Å². The molecule has 1 aromatic carbocycles. The van der Waals surface area contributed by atoms with Gasteiger partial charge in [-0.3, -0.25) is 0 Å². The number of aliphatic hydroxyl groups is 1. The Bertz CT molecular complexity index is 294. The number of hydrogen-bond donors (Lipinski definition) is 1. The van der Waals surface area contributed by atoms with Gasteiger partial charge < -0.3 is 5.11 Å². The summed E-state index contributed by atoms with van der Waals surface area (Å²) in [4.78, 5) is 0. The Morgan fingerprint density at radius 2 is 2.08 bits per heavy atom. The molecule has 2 atom stereocenters. The number of halogens is 1. The van der Waals surface area contributed by atoms with Crippen LogP contribution >= 0.6 is 0 Å². The van der Waals surface area contributed by atoms with E-state index in [-0.39, 0.29) is 11.7 Å². The summed E-state index contributed by atoms with van der Waals surface area (Å²) >= 11 is 0. The van der Waals surface area contributed by atoms with Crippen LogP contribution in [0, 0.1) is 19.7 Å². The van der Waals surface area contributed by atoms with Gasteiger partial charge in [-0.1, -0.05) is 12.1 Å². The van der Waals surface area contributed by atoms with E-state index in [4.69, 9.17) is 0 Å². The Kier molecular flexibility index (Phi) is 3.04. The molecule has 0 aliphatic heterocycles. The molecule has 0 aliphatic carbocycles. The minimum atomic E-state index is -0.509. The van der Waals surface area contributed by atoms with Crippen LogP contribution in [0.5, 0.6) is 0 Å². The van der Waals surface area contributed by atoms with Crippen molar-refractivity contribution >= 4 is 0 Å². The van der Waals surface area contributed by atoms with Crippen LogP contribution in [0.1, 0.15) is 24.0 Å². The summed E-state index contributed by atoms with van der Waals surface area (Å²) in [5, 5.41) is 9.28. The Balaban J connectivity index is 2.97. The van der Waals surface area contributed by atoms with Crippen LogP contribution in [-0.2, 0) is 0 Å². The second-order valence-corrected chi connectivity index (χ2v) is 3.36. The van der Waals surface area contributed by atoms with E-state index in [0.29, 0.717) is 5.56 Å². The maximum atomic E-state index is 12.9. The van der Waals surface area contributed by atoms with E-state index in [9.17, 15) is 9.50 Å². The molecule has 1 radical (unpaired) electrons. The van der Waals surface area contributed by atoms with Gasteiger partial charge in [-0.2, -0.15) is 0 Å². The fraction of sp³-hybridized carbons (Fsp3) is 0.364. The first-order chi connectivity index (χ1) is 6.02. The van der Waals surface area contributed by atoms with Gasteiger partial charge >= 0.3 is 0 Å². The molecule has 0 bridgehead atoms. The van der Waals surface area contributed by atoms with Crippen molar-refractivity contribution in [2.24, 2.45) is 0 Å². The van der Waals surface area contributed by atoms with Crippen LogP contribution in [0.4, 0.5) is 4.39 Å². The second-order valence-electron chi connectivity index (χ2n) is 3.36. The predicted octanol–water partition coefficient (Wildman–Crippen LogP) is 2.43. The molecule has 2 heteroatoms. The van der Waals surface area contributed by atoms with Crippen LogP contribution in [0.25, 0.3) is 0 Å². The molecule has 0 fully saturated rings. The molecule has 1 N–H and O–H groups in total. The molecule has 0 amide bonds. The zero-order chi connectivity index (χ0) is 10.0. The van der Waals surface area contributed by atoms with Crippen LogP contribution in [0.2, 0.25) is 0 Å². The van der Waals surface area contributed by atoms with Crippen LogP contribution in [0.15, 0.2) is 18.2 Å². The van der Waals surface area contributed by atoms with Gasteiger partial charge in [0.05, 0.1) is 6.10 Å². The maximum absolute atomic E-state index is 12.9. The summed E-state index contributed by atoms with van der Waals surface area (Å²) < 4.78 is 12.9. The molecule has 1 rings (SSSR count). The van der Waals surface area contributed by atoms with Gasteiger partial charge in [-0.05, 0) is 38.0 Å².